The van der Waals surface area contributed by atoms with Gasteiger partial charge in [0.05, 0.1) is 6.04 Å². The maximum atomic E-state index is 4.06. The molecule has 0 bridgehead atoms. The van der Waals surface area contributed by atoms with E-state index in [9.17, 15) is 0 Å². The Hall–Kier alpha value is -0.900. The summed E-state index contributed by atoms with van der Waals surface area (Å²) in [6.45, 7) is 2.13. The quantitative estimate of drug-likeness (QED) is 0.585. The van der Waals surface area contributed by atoms with E-state index < -0.39 is 0 Å². The summed E-state index contributed by atoms with van der Waals surface area (Å²) in [5.74, 6) is 0. The van der Waals surface area contributed by atoms with Crippen LogP contribution in [0.25, 0.3) is 0 Å². The molecule has 1 fully saturated rings. The first-order chi connectivity index (χ1) is 4.97. The first kappa shape index (κ1) is 5.85. The maximum Gasteiger partial charge on any atom is 0.137 e. The Bertz CT molecular complexity index is 188. The Labute approximate surface area is 59.3 Å². The zero-order valence-corrected chi connectivity index (χ0v) is 5.70. The number of hydrogen-bond acceptors (Lipinski definition) is 3. The van der Waals surface area contributed by atoms with E-state index in [0.717, 1.165) is 13.1 Å². The van der Waals surface area contributed by atoms with E-state index in [0.29, 0.717) is 6.04 Å². The smallest absolute Gasteiger partial charge is 0.137 e. The predicted octanol–water partition coefficient (Wildman–Crippen LogP) is -0.188. The zero-order valence-electron chi connectivity index (χ0n) is 5.70. The summed E-state index contributed by atoms with van der Waals surface area (Å²) in [4.78, 5) is 3.89. The molecule has 0 aliphatic carbocycles. The Balaban J connectivity index is 2.12. The summed E-state index contributed by atoms with van der Waals surface area (Å²) < 4.78 is 1.92. The molecule has 2 heterocycles. The summed E-state index contributed by atoms with van der Waals surface area (Å²) in [5.41, 5.74) is 0. The monoisotopic (exact) mass is 138 g/mol. The number of hydrogen-bond donors (Lipinski definition) is 1. The summed E-state index contributed by atoms with van der Waals surface area (Å²) in [6.07, 6.45) is 4.53. The highest BCUT2D eigenvalue weighted by molar-refractivity contribution is 4.76. The van der Waals surface area contributed by atoms with Gasteiger partial charge >= 0.3 is 0 Å². The van der Waals surface area contributed by atoms with Crippen molar-refractivity contribution in [2.45, 2.75) is 12.5 Å². The fourth-order valence-electron chi connectivity index (χ4n) is 1.27. The molecule has 1 N–H and O–H groups in total. The third-order valence-electron chi connectivity index (χ3n) is 1.85. The maximum absolute atomic E-state index is 4.06. The van der Waals surface area contributed by atoms with E-state index >= 15 is 0 Å². The van der Waals surface area contributed by atoms with E-state index in [2.05, 4.69) is 15.4 Å². The topological polar surface area (TPSA) is 42.7 Å². The normalized spacial score (nSPS) is 25.4. The van der Waals surface area contributed by atoms with Crippen molar-refractivity contribution in [3.05, 3.63) is 12.7 Å². The van der Waals surface area contributed by atoms with E-state index in [1.54, 1.807) is 12.7 Å². The lowest BCUT2D eigenvalue weighted by atomic mass is 10.3. The van der Waals surface area contributed by atoms with Gasteiger partial charge in [0.25, 0.3) is 0 Å². The first-order valence-corrected chi connectivity index (χ1v) is 3.51. The van der Waals surface area contributed by atoms with Gasteiger partial charge in [0.15, 0.2) is 0 Å². The first-order valence-electron chi connectivity index (χ1n) is 3.51. The molecule has 2 rings (SSSR count). The van der Waals surface area contributed by atoms with Crippen molar-refractivity contribution >= 4 is 0 Å². The van der Waals surface area contributed by atoms with Crippen LogP contribution < -0.4 is 5.32 Å². The zero-order chi connectivity index (χ0) is 6.81. The average Bonchev–Trinajstić information content (AvgIpc) is 2.59. The van der Waals surface area contributed by atoms with Gasteiger partial charge in [-0.25, -0.2) is 9.67 Å². The SMILES string of the molecule is c1ncn([C@@H]2CCNC2)n1. The molecule has 0 amide bonds. The molecule has 0 saturated carbocycles. The van der Waals surface area contributed by atoms with Crippen molar-refractivity contribution in [3.8, 4) is 0 Å². The molecule has 0 aromatic carbocycles. The van der Waals surface area contributed by atoms with Crippen LogP contribution in [0, 0.1) is 0 Å². The average molecular weight is 138 g/mol. The molecule has 0 radical (unpaired) electrons. The molecule has 1 aromatic rings. The second-order valence-corrected chi connectivity index (χ2v) is 2.52. The van der Waals surface area contributed by atoms with E-state index in [1.807, 2.05) is 4.68 Å². The van der Waals surface area contributed by atoms with Crippen molar-refractivity contribution in [1.82, 2.24) is 20.1 Å². The molecule has 0 spiro atoms. The molecule has 4 heteroatoms. The summed E-state index contributed by atoms with van der Waals surface area (Å²) >= 11 is 0. The van der Waals surface area contributed by atoms with E-state index in [1.165, 1.54) is 6.42 Å². The van der Waals surface area contributed by atoms with E-state index in [-0.39, 0.29) is 0 Å². The van der Waals surface area contributed by atoms with Crippen molar-refractivity contribution in [1.29, 1.82) is 0 Å². The van der Waals surface area contributed by atoms with Gasteiger partial charge in [0, 0.05) is 6.54 Å². The summed E-state index contributed by atoms with van der Waals surface area (Å²) in [5, 5.41) is 7.34. The third-order valence-corrected chi connectivity index (χ3v) is 1.85. The van der Waals surface area contributed by atoms with Crippen LogP contribution in [0.1, 0.15) is 12.5 Å². The highest BCUT2D eigenvalue weighted by Gasteiger charge is 2.15. The second kappa shape index (κ2) is 2.38. The van der Waals surface area contributed by atoms with Gasteiger partial charge < -0.3 is 5.32 Å². The highest BCUT2D eigenvalue weighted by atomic mass is 15.3. The number of nitrogens with zero attached hydrogens (tertiary/aromatic N) is 3. The lowest BCUT2D eigenvalue weighted by molar-refractivity contribution is 0.489. The molecular formula is C6H10N4. The number of rotatable bonds is 1. The minimum Gasteiger partial charge on any atom is -0.315 e. The van der Waals surface area contributed by atoms with E-state index in [4.69, 9.17) is 0 Å². The molecule has 4 nitrogen and oxygen atoms in total. The molecule has 1 aliphatic rings. The standard InChI is InChI=1S/C6H10N4/c1-2-7-3-6(1)10-5-8-4-9-10/h4-7H,1-3H2/t6-/m1/s1. The molecule has 1 aromatic heterocycles. The van der Waals surface area contributed by atoms with Gasteiger partial charge in [-0.15, -0.1) is 0 Å². The van der Waals surface area contributed by atoms with Crippen LogP contribution >= 0.6 is 0 Å². The third kappa shape index (κ3) is 0.903. The Morgan fingerprint density at radius 2 is 2.60 bits per heavy atom. The van der Waals surface area contributed by atoms with Crippen LogP contribution in [0.2, 0.25) is 0 Å². The second-order valence-electron chi connectivity index (χ2n) is 2.52. The minimum atomic E-state index is 0.530. The number of aromatic nitrogens is 3. The van der Waals surface area contributed by atoms with Crippen LogP contribution in [-0.2, 0) is 0 Å². The molecule has 0 unspecified atom stereocenters. The van der Waals surface area contributed by atoms with Crippen molar-refractivity contribution < 1.29 is 0 Å². The van der Waals surface area contributed by atoms with Crippen molar-refractivity contribution in [2.24, 2.45) is 0 Å². The molecule has 10 heavy (non-hydrogen) atoms. The van der Waals surface area contributed by atoms with Crippen LogP contribution in [-0.4, -0.2) is 27.9 Å². The van der Waals surface area contributed by atoms with Crippen LogP contribution in [0.3, 0.4) is 0 Å². The van der Waals surface area contributed by atoms with Crippen molar-refractivity contribution in [2.75, 3.05) is 13.1 Å². The molecule has 1 saturated heterocycles. The van der Waals surface area contributed by atoms with Crippen LogP contribution in [0.15, 0.2) is 12.7 Å². The molecular weight excluding hydrogens is 128 g/mol. The Morgan fingerprint density at radius 1 is 1.60 bits per heavy atom. The van der Waals surface area contributed by atoms with Gasteiger partial charge in [-0.3, -0.25) is 0 Å². The van der Waals surface area contributed by atoms with Gasteiger partial charge in [-0.2, -0.15) is 5.10 Å². The van der Waals surface area contributed by atoms with Crippen molar-refractivity contribution in [3.63, 3.8) is 0 Å². The Morgan fingerprint density at radius 3 is 3.20 bits per heavy atom. The minimum absolute atomic E-state index is 0.530. The summed E-state index contributed by atoms with van der Waals surface area (Å²) in [7, 11) is 0. The lowest BCUT2D eigenvalue weighted by Gasteiger charge is -2.05. The highest BCUT2D eigenvalue weighted by Crippen LogP contribution is 2.11. The largest absolute Gasteiger partial charge is 0.315 e. The fraction of sp³-hybridized carbons (Fsp3) is 0.667. The van der Waals surface area contributed by atoms with Crippen LogP contribution in [0.4, 0.5) is 0 Å². The number of nitrogens with one attached hydrogen (secondary N) is 1. The molecule has 1 aliphatic heterocycles. The fourth-order valence-corrected chi connectivity index (χ4v) is 1.27. The summed E-state index contributed by atoms with van der Waals surface area (Å²) in [6, 6.07) is 0.530. The van der Waals surface area contributed by atoms with Gasteiger partial charge in [-0.1, -0.05) is 0 Å². The lowest BCUT2D eigenvalue weighted by Crippen LogP contribution is -2.13. The predicted molar refractivity (Wildman–Crippen MR) is 36.5 cm³/mol. The van der Waals surface area contributed by atoms with Gasteiger partial charge in [0.2, 0.25) is 0 Å². The van der Waals surface area contributed by atoms with Gasteiger partial charge in [0.1, 0.15) is 12.7 Å². The van der Waals surface area contributed by atoms with Gasteiger partial charge in [-0.05, 0) is 13.0 Å². The molecule has 54 valence electrons. The van der Waals surface area contributed by atoms with Crippen LogP contribution in [0.5, 0.6) is 0 Å². The molecule has 1 atom stereocenters. The Kier molecular flexibility index (Phi) is 1.39.